The number of hydrogen-bond acceptors (Lipinski definition) is 4. The standard InChI is InChI=1S/C15H25N3OS/c1-3-18(13-6-4-8-16-10-13)12-15(19)17(2)11-14-7-5-9-20-14/h5,7,9,13,16H,3-4,6,8,10-12H2,1-2H3. The Morgan fingerprint density at radius 1 is 1.55 bits per heavy atom. The van der Waals surface area contributed by atoms with Gasteiger partial charge in [0, 0.05) is 24.5 Å². The van der Waals surface area contributed by atoms with Gasteiger partial charge in [-0.2, -0.15) is 0 Å². The van der Waals surface area contributed by atoms with Crippen molar-refractivity contribution in [1.29, 1.82) is 0 Å². The van der Waals surface area contributed by atoms with E-state index in [0.29, 0.717) is 12.6 Å². The molecular weight excluding hydrogens is 270 g/mol. The van der Waals surface area contributed by atoms with E-state index in [0.717, 1.165) is 26.2 Å². The van der Waals surface area contributed by atoms with Gasteiger partial charge in [-0.25, -0.2) is 0 Å². The number of nitrogens with zero attached hydrogens (tertiary/aromatic N) is 2. The molecule has 5 heteroatoms. The first-order chi connectivity index (χ1) is 9.70. The van der Waals surface area contributed by atoms with Gasteiger partial charge in [0.15, 0.2) is 0 Å². The molecule has 1 saturated heterocycles. The highest BCUT2D eigenvalue weighted by Gasteiger charge is 2.22. The van der Waals surface area contributed by atoms with Crippen LogP contribution < -0.4 is 5.32 Å². The molecule has 1 aromatic heterocycles. The topological polar surface area (TPSA) is 35.6 Å². The maximum Gasteiger partial charge on any atom is 0.236 e. The summed E-state index contributed by atoms with van der Waals surface area (Å²) in [5.74, 6) is 0.214. The Balaban J connectivity index is 1.84. The Labute approximate surface area is 125 Å². The monoisotopic (exact) mass is 295 g/mol. The van der Waals surface area contributed by atoms with Crippen molar-refractivity contribution in [2.75, 3.05) is 33.2 Å². The molecule has 20 heavy (non-hydrogen) atoms. The van der Waals surface area contributed by atoms with E-state index in [9.17, 15) is 4.79 Å². The van der Waals surface area contributed by atoms with E-state index in [4.69, 9.17) is 0 Å². The first-order valence-electron chi connectivity index (χ1n) is 7.41. The third-order valence-electron chi connectivity index (χ3n) is 3.93. The molecule has 1 unspecified atom stereocenters. The maximum atomic E-state index is 12.3. The van der Waals surface area contributed by atoms with Gasteiger partial charge in [-0.1, -0.05) is 13.0 Å². The Bertz CT molecular complexity index is 401. The molecule has 1 aliphatic heterocycles. The molecular formula is C15H25N3OS. The number of nitrogens with one attached hydrogen (secondary N) is 1. The predicted octanol–water partition coefficient (Wildman–Crippen LogP) is 1.78. The molecule has 0 aliphatic carbocycles. The summed E-state index contributed by atoms with van der Waals surface area (Å²) in [6.45, 7) is 6.45. The largest absolute Gasteiger partial charge is 0.340 e. The zero-order chi connectivity index (χ0) is 14.4. The first-order valence-corrected chi connectivity index (χ1v) is 8.29. The molecule has 0 aromatic carbocycles. The summed E-state index contributed by atoms with van der Waals surface area (Å²) >= 11 is 1.70. The van der Waals surface area contributed by atoms with Crippen molar-refractivity contribution in [2.45, 2.75) is 32.4 Å². The van der Waals surface area contributed by atoms with Gasteiger partial charge in [-0.15, -0.1) is 11.3 Å². The SMILES string of the molecule is CCN(CC(=O)N(C)Cc1cccs1)C1CCCNC1. The van der Waals surface area contributed by atoms with Crippen molar-refractivity contribution in [3.8, 4) is 0 Å². The highest BCUT2D eigenvalue weighted by molar-refractivity contribution is 7.09. The average molecular weight is 295 g/mol. The average Bonchev–Trinajstić information content (AvgIpc) is 2.98. The van der Waals surface area contributed by atoms with Gasteiger partial charge in [0.05, 0.1) is 13.1 Å². The Kier molecular flexibility index (Phi) is 6.01. The summed E-state index contributed by atoms with van der Waals surface area (Å²) in [6.07, 6.45) is 2.41. The van der Waals surface area contributed by atoms with Crippen LogP contribution in [0.25, 0.3) is 0 Å². The van der Waals surface area contributed by atoms with Crippen LogP contribution in [0.1, 0.15) is 24.6 Å². The first kappa shape index (κ1) is 15.5. The van der Waals surface area contributed by atoms with E-state index in [1.807, 2.05) is 18.0 Å². The van der Waals surface area contributed by atoms with Crippen LogP contribution in [0, 0.1) is 0 Å². The number of amides is 1. The molecule has 4 nitrogen and oxygen atoms in total. The third kappa shape index (κ3) is 4.30. The minimum atomic E-state index is 0.214. The zero-order valence-electron chi connectivity index (χ0n) is 12.5. The van der Waals surface area contributed by atoms with E-state index >= 15 is 0 Å². The van der Waals surface area contributed by atoms with Gasteiger partial charge >= 0.3 is 0 Å². The number of rotatable bonds is 6. The van der Waals surface area contributed by atoms with E-state index < -0.39 is 0 Å². The molecule has 1 aromatic rings. The van der Waals surface area contributed by atoms with E-state index in [1.165, 1.54) is 17.7 Å². The molecule has 2 heterocycles. The fourth-order valence-corrected chi connectivity index (χ4v) is 3.42. The lowest BCUT2D eigenvalue weighted by atomic mass is 10.1. The number of thiophene rings is 1. The molecule has 1 amide bonds. The van der Waals surface area contributed by atoms with Gasteiger partial charge in [-0.3, -0.25) is 9.69 Å². The van der Waals surface area contributed by atoms with E-state index in [-0.39, 0.29) is 5.91 Å². The van der Waals surface area contributed by atoms with Crippen LogP contribution in [0.15, 0.2) is 17.5 Å². The summed E-state index contributed by atoms with van der Waals surface area (Å²) in [5.41, 5.74) is 0. The van der Waals surface area contributed by atoms with Gasteiger partial charge in [0.1, 0.15) is 0 Å². The molecule has 2 rings (SSSR count). The summed E-state index contributed by atoms with van der Waals surface area (Å²) in [7, 11) is 1.90. The van der Waals surface area contributed by atoms with Crippen LogP contribution in [-0.4, -0.2) is 55.0 Å². The number of piperidine rings is 1. The minimum Gasteiger partial charge on any atom is -0.340 e. The number of carbonyl (C=O) groups is 1. The van der Waals surface area contributed by atoms with Gasteiger partial charge in [-0.05, 0) is 37.4 Å². The molecule has 1 aliphatic rings. The van der Waals surface area contributed by atoms with Gasteiger partial charge in [0.25, 0.3) is 0 Å². The molecule has 1 fully saturated rings. The second kappa shape index (κ2) is 7.76. The summed E-state index contributed by atoms with van der Waals surface area (Å²) < 4.78 is 0. The zero-order valence-corrected chi connectivity index (χ0v) is 13.3. The Hall–Kier alpha value is -0.910. The molecule has 0 radical (unpaired) electrons. The van der Waals surface area contributed by atoms with Crippen molar-refractivity contribution in [3.05, 3.63) is 22.4 Å². The highest BCUT2D eigenvalue weighted by atomic mass is 32.1. The molecule has 0 spiro atoms. The number of likely N-dealkylation sites (N-methyl/N-ethyl adjacent to an activating group) is 2. The van der Waals surface area contributed by atoms with Gasteiger partial charge < -0.3 is 10.2 Å². The number of carbonyl (C=O) groups excluding carboxylic acids is 1. The Morgan fingerprint density at radius 3 is 3.00 bits per heavy atom. The van der Waals surface area contributed by atoms with Crippen molar-refractivity contribution in [3.63, 3.8) is 0 Å². The Morgan fingerprint density at radius 2 is 2.40 bits per heavy atom. The quantitative estimate of drug-likeness (QED) is 0.869. The van der Waals surface area contributed by atoms with Crippen LogP contribution in [0.3, 0.4) is 0 Å². The lowest BCUT2D eigenvalue weighted by Crippen LogP contribution is -2.49. The van der Waals surface area contributed by atoms with Crippen molar-refractivity contribution in [2.24, 2.45) is 0 Å². The molecule has 112 valence electrons. The molecule has 1 atom stereocenters. The van der Waals surface area contributed by atoms with Crippen molar-refractivity contribution in [1.82, 2.24) is 15.1 Å². The molecule has 0 saturated carbocycles. The highest BCUT2D eigenvalue weighted by Crippen LogP contribution is 2.13. The van der Waals surface area contributed by atoms with Crippen LogP contribution in [0.5, 0.6) is 0 Å². The third-order valence-corrected chi connectivity index (χ3v) is 4.79. The van der Waals surface area contributed by atoms with Crippen LogP contribution in [0.2, 0.25) is 0 Å². The smallest absolute Gasteiger partial charge is 0.236 e. The maximum absolute atomic E-state index is 12.3. The number of hydrogen-bond donors (Lipinski definition) is 1. The second-order valence-electron chi connectivity index (χ2n) is 5.39. The van der Waals surface area contributed by atoms with Crippen molar-refractivity contribution >= 4 is 17.2 Å². The fourth-order valence-electron chi connectivity index (χ4n) is 2.66. The van der Waals surface area contributed by atoms with E-state index in [1.54, 1.807) is 11.3 Å². The molecule has 1 N–H and O–H groups in total. The lowest BCUT2D eigenvalue weighted by Gasteiger charge is -2.34. The van der Waals surface area contributed by atoms with Crippen LogP contribution in [-0.2, 0) is 11.3 Å². The second-order valence-corrected chi connectivity index (χ2v) is 6.42. The predicted molar refractivity (Wildman–Crippen MR) is 83.9 cm³/mol. The van der Waals surface area contributed by atoms with E-state index in [2.05, 4.69) is 28.6 Å². The summed E-state index contributed by atoms with van der Waals surface area (Å²) in [6, 6.07) is 4.62. The van der Waals surface area contributed by atoms with Crippen LogP contribution >= 0.6 is 11.3 Å². The van der Waals surface area contributed by atoms with Crippen molar-refractivity contribution < 1.29 is 4.79 Å². The minimum absolute atomic E-state index is 0.214. The normalized spacial score (nSPS) is 19.2. The van der Waals surface area contributed by atoms with Crippen LogP contribution in [0.4, 0.5) is 0 Å². The summed E-state index contributed by atoms with van der Waals surface area (Å²) in [4.78, 5) is 17.7. The fraction of sp³-hybridized carbons (Fsp3) is 0.667. The summed E-state index contributed by atoms with van der Waals surface area (Å²) in [5, 5.41) is 5.48. The molecule has 0 bridgehead atoms. The lowest BCUT2D eigenvalue weighted by molar-refractivity contribution is -0.132. The van der Waals surface area contributed by atoms with Gasteiger partial charge in [0.2, 0.25) is 5.91 Å².